The van der Waals surface area contributed by atoms with Gasteiger partial charge in [0, 0.05) is 16.3 Å². The van der Waals surface area contributed by atoms with Crippen LogP contribution in [0.25, 0.3) is 0 Å². The van der Waals surface area contributed by atoms with Crippen LogP contribution in [0.5, 0.6) is 0 Å². The van der Waals surface area contributed by atoms with Gasteiger partial charge in [0.2, 0.25) is 0 Å². The number of halogens is 7. The fraction of sp³-hybridized carbons (Fsp3) is 0.176. The molecule has 0 fully saturated rings. The van der Waals surface area contributed by atoms with Gasteiger partial charge in [-0.1, -0.05) is 11.6 Å². The van der Waals surface area contributed by atoms with Crippen molar-refractivity contribution in [1.29, 1.82) is 0 Å². The number of alkyl halides is 6. The summed E-state index contributed by atoms with van der Waals surface area (Å²) < 4.78 is 76.7. The molecule has 156 valence electrons. The number of anilines is 1. The summed E-state index contributed by atoms with van der Waals surface area (Å²) in [4.78, 5) is 28.1. The van der Waals surface area contributed by atoms with E-state index in [1.54, 1.807) is 0 Å². The van der Waals surface area contributed by atoms with Gasteiger partial charge in [0.1, 0.15) is 0 Å². The molecule has 0 unspecified atom stereocenters. The van der Waals surface area contributed by atoms with Crippen molar-refractivity contribution in [1.82, 2.24) is 5.48 Å². The molecule has 2 rings (SSSR count). The van der Waals surface area contributed by atoms with Gasteiger partial charge in [-0.2, -0.15) is 26.3 Å². The van der Waals surface area contributed by atoms with Gasteiger partial charge < -0.3 is 5.32 Å². The molecule has 0 heterocycles. The Morgan fingerprint density at radius 1 is 0.897 bits per heavy atom. The van der Waals surface area contributed by atoms with Crippen LogP contribution in [0.4, 0.5) is 32.0 Å². The van der Waals surface area contributed by atoms with Gasteiger partial charge in [-0.25, -0.2) is 5.48 Å². The number of carbonyl (C=O) groups excluding carboxylic acids is 2. The van der Waals surface area contributed by atoms with Crippen LogP contribution in [0.2, 0.25) is 5.02 Å². The number of rotatable bonds is 5. The van der Waals surface area contributed by atoms with Crippen molar-refractivity contribution in [2.24, 2.45) is 0 Å². The van der Waals surface area contributed by atoms with Crippen molar-refractivity contribution in [2.45, 2.75) is 12.4 Å². The molecule has 29 heavy (non-hydrogen) atoms. The van der Waals surface area contributed by atoms with Crippen LogP contribution in [0.3, 0.4) is 0 Å². The zero-order chi connectivity index (χ0) is 21.8. The molecule has 12 heteroatoms. The second-order valence-corrected chi connectivity index (χ2v) is 6.01. The monoisotopic (exact) mass is 440 g/mol. The fourth-order valence-electron chi connectivity index (χ4n) is 2.05. The minimum absolute atomic E-state index is 0.0709. The van der Waals surface area contributed by atoms with Crippen LogP contribution in [0, 0.1) is 0 Å². The summed E-state index contributed by atoms with van der Waals surface area (Å²) in [5.41, 5.74) is -1.85. The normalized spacial score (nSPS) is 11.8. The lowest BCUT2D eigenvalue weighted by Crippen LogP contribution is -2.29. The SMILES string of the molecule is O=C(CONC(=O)c1ccc(Cl)cc1)Nc1cc(C(F)(F)F)cc(C(F)(F)F)c1. The van der Waals surface area contributed by atoms with E-state index in [1.165, 1.54) is 24.3 Å². The van der Waals surface area contributed by atoms with Crippen LogP contribution in [-0.4, -0.2) is 18.4 Å². The second kappa shape index (κ2) is 8.70. The summed E-state index contributed by atoms with van der Waals surface area (Å²) in [5, 5.41) is 2.23. The van der Waals surface area contributed by atoms with Crippen molar-refractivity contribution >= 4 is 29.1 Å². The first-order valence-electron chi connectivity index (χ1n) is 7.63. The first-order valence-corrected chi connectivity index (χ1v) is 8.01. The Bertz CT molecular complexity index is 865. The lowest BCUT2D eigenvalue weighted by Gasteiger charge is -2.14. The Morgan fingerprint density at radius 3 is 1.90 bits per heavy atom. The van der Waals surface area contributed by atoms with Crippen LogP contribution >= 0.6 is 11.6 Å². The highest BCUT2D eigenvalue weighted by molar-refractivity contribution is 6.30. The van der Waals surface area contributed by atoms with Crippen LogP contribution < -0.4 is 10.8 Å². The summed E-state index contributed by atoms with van der Waals surface area (Å²) in [6, 6.07) is 6.20. The first kappa shape index (κ1) is 22.5. The fourth-order valence-corrected chi connectivity index (χ4v) is 2.18. The molecular weight excluding hydrogens is 430 g/mol. The number of carbonyl (C=O) groups is 2. The van der Waals surface area contributed by atoms with Crippen molar-refractivity contribution in [3.63, 3.8) is 0 Å². The topological polar surface area (TPSA) is 67.4 Å². The van der Waals surface area contributed by atoms with Gasteiger partial charge in [0.15, 0.2) is 6.61 Å². The number of hydroxylamine groups is 1. The predicted octanol–water partition coefficient (Wildman–Crippen LogP) is 4.68. The van der Waals surface area contributed by atoms with Crippen LogP contribution in [0.15, 0.2) is 42.5 Å². The van der Waals surface area contributed by atoms with Gasteiger partial charge in [-0.05, 0) is 42.5 Å². The summed E-state index contributed by atoms with van der Waals surface area (Å²) in [5.74, 6) is -1.83. The van der Waals surface area contributed by atoms with E-state index in [0.29, 0.717) is 17.2 Å². The summed E-state index contributed by atoms with van der Waals surface area (Å²) >= 11 is 5.66. The lowest BCUT2D eigenvalue weighted by molar-refractivity contribution is -0.143. The third-order valence-corrected chi connectivity index (χ3v) is 3.60. The smallest absolute Gasteiger partial charge is 0.324 e. The highest BCUT2D eigenvalue weighted by atomic mass is 35.5. The molecule has 2 aromatic rings. The first-order chi connectivity index (χ1) is 13.4. The zero-order valence-electron chi connectivity index (χ0n) is 14.1. The van der Waals surface area contributed by atoms with E-state index in [-0.39, 0.29) is 11.6 Å². The minimum Gasteiger partial charge on any atom is -0.324 e. The maximum absolute atomic E-state index is 12.8. The number of hydrogen-bond donors (Lipinski definition) is 2. The third kappa shape index (κ3) is 6.64. The molecule has 2 N–H and O–H groups in total. The highest BCUT2D eigenvalue weighted by Gasteiger charge is 2.37. The molecule has 2 amide bonds. The van der Waals surface area contributed by atoms with Gasteiger partial charge in [-0.15, -0.1) is 0 Å². The maximum atomic E-state index is 12.8. The molecule has 0 aliphatic heterocycles. The molecule has 2 aromatic carbocycles. The average Bonchev–Trinajstić information content (AvgIpc) is 2.60. The Labute approximate surface area is 164 Å². The number of amides is 2. The van der Waals surface area contributed by atoms with Gasteiger partial charge in [-0.3, -0.25) is 14.4 Å². The lowest BCUT2D eigenvalue weighted by atomic mass is 10.1. The van der Waals surface area contributed by atoms with Crippen LogP contribution in [-0.2, 0) is 22.0 Å². The quantitative estimate of drug-likeness (QED) is 0.524. The molecule has 0 aliphatic rings. The third-order valence-electron chi connectivity index (χ3n) is 3.35. The molecule has 0 atom stereocenters. The number of nitrogens with one attached hydrogen (secondary N) is 2. The van der Waals surface area contributed by atoms with E-state index >= 15 is 0 Å². The average molecular weight is 441 g/mol. The maximum Gasteiger partial charge on any atom is 0.416 e. The van der Waals surface area contributed by atoms with E-state index in [2.05, 4.69) is 4.84 Å². The van der Waals surface area contributed by atoms with Gasteiger partial charge in [0.25, 0.3) is 11.8 Å². The Morgan fingerprint density at radius 2 is 1.41 bits per heavy atom. The predicted molar refractivity (Wildman–Crippen MR) is 89.9 cm³/mol. The molecule has 0 aromatic heterocycles. The van der Waals surface area contributed by atoms with E-state index in [9.17, 15) is 35.9 Å². The molecule has 5 nitrogen and oxygen atoms in total. The molecule has 0 saturated heterocycles. The number of hydrogen-bond acceptors (Lipinski definition) is 3. The van der Waals surface area contributed by atoms with E-state index in [1.807, 2.05) is 10.8 Å². The molecule has 0 saturated carbocycles. The molecule has 0 spiro atoms. The molecule has 0 aliphatic carbocycles. The highest BCUT2D eigenvalue weighted by Crippen LogP contribution is 2.37. The Kier molecular flexibility index (Phi) is 6.75. The van der Waals surface area contributed by atoms with Gasteiger partial charge >= 0.3 is 12.4 Å². The largest absolute Gasteiger partial charge is 0.416 e. The van der Waals surface area contributed by atoms with Crippen molar-refractivity contribution in [3.05, 3.63) is 64.2 Å². The van der Waals surface area contributed by atoms with Crippen LogP contribution in [0.1, 0.15) is 21.5 Å². The van der Waals surface area contributed by atoms with Crippen molar-refractivity contribution in [2.75, 3.05) is 11.9 Å². The Balaban J connectivity index is 2.01. The van der Waals surface area contributed by atoms with E-state index in [0.717, 1.165) is 0 Å². The standard InChI is InChI=1S/C17H11ClF6N2O3/c18-12-3-1-9(2-4-12)15(28)26-29-8-14(27)25-13-6-10(16(19,20)21)5-11(7-13)17(22,23)24/h1-7H,8H2,(H,25,27)(H,26,28). The molecular formula is C17H11ClF6N2O3. The van der Waals surface area contributed by atoms with Crippen molar-refractivity contribution in [3.8, 4) is 0 Å². The summed E-state index contributed by atoms with van der Waals surface area (Å²) in [6.07, 6.45) is -10.1. The number of benzene rings is 2. The van der Waals surface area contributed by atoms with Crippen molar-refractivity contribution < 1.29 is 40.8 Å². The van der Waals surface area contributed by atoms with E-state index in [4.69, 9.17) is 11.6 Å². The second-order valence-electron chi connectivity index (χ2n) is 5.57. The summed E-state index contributed by atoms with van der Waals surface area (Å²) in [6.45, 7) is -0.864. The Hall–Kier alpha value is -2.79. The molecule has 0 radical (unpaired) electrons. The zero-order valence-corrected chi connectivity index (χ0v) is 14.9. The summed E-state index contributed by atoms with van der Waals surface area (Å²) in [7, 11) is 0. The van der Waals surface area contributed by atoms with E-state index < -0.39 is 47.6 Å². The minimum atomic E-state index is -5.05. The molecule has 0 bridgehead atoms. The van der Waals surface area contributed by atoms with Gasteiger partial charge in [0.05, 0.1) is 11.1 Å².